The molecule has 1 unspecified atom stereocenters. The molecule has 5 nitrogen and oxygen atoms in total. The van der Waals surface area contributed by atoms with Gasteiger partial charge in [0.2, 0.25) is 0 Å². The number of benzene rings is 1. The van der Waals surface area contributed by atoms with Crippen molar-refractivity contribution in [2.24, 2.45) is 5.92 Å². The summed E-state index contributed by atoms with van der Waals surface area (Å²) in [6.45, 7) is 1.23. The summed E-state index contributed by atoms with van der Waals surface area (Å²) in [5, 5.41) is 18.8. The van der Waals surface area contributed by atoms with Crippen molar-refractivity contribution in [3.63, 3.8) is 0 Å². The molecule has 1 amide bonds. The van der Waals surface area contributed by atoms with Crippen LogP contribution in [-0.2, 0) is 0 Å². The van der Waals surface area contributed by atoms with Crippen LogP contribution in [0.2, 0.25) is 0 Å². The number of rotatable bonds is 2. The Labute approximate surface area is 99.5 Å². The van der Waals surface area contributed by atoms with E-state index in [-0.39, 0.29) is 35.4 Å². The van der Waals surface area contributed by atoms with Crippen molar-refractivity contribution < 1.29 is 15.0 Å². The molecule has 0 bridgehead atoms. The molecule has 1 fully saturated rings. The van der Waals surface area contributed by atoms with E-state index in [1.54, 1.807) is 23.1 Å². The van der Waals surface area contributed by atoms with Crippen molar-refractivity contribution in [2.45, 2.75) is 6.42 Å². The number of phenols is 1. The van der Waals surface area contributed by atoms with Crippen molar-refractivity contribution in [2.75, 3.05) is 25.4 Å². The van der Waals surface area contributed by atoms with E-state index in [9.17, 15) is 9.90 Å². The van der Waals surface area contributed by atoms with E-state index in [1.807, 2.05) is 0 Å². The second-order valence-corrected chi connectivity index (χ2v) is 4.33. The standard InChI is InChI=1S/C12H16N2O3/c13-10-3-1-2-9(11(10)16)12(17)14-5-4-8(6-14)7-15/h1-3,8,15-16H,4-7,13H2. The third kappa shape index (κ3) is 2.19. The number of para-hydroxylation sites is 1. The fraction of sp³-hybridized carbons (Fsp3) is 0.417. The highest BCUT2D eigenvalue weighted by Gasteiger charge is 2.27. The number of phenolic OH excluding ortho intramolecular Hbond substituents is 1. The lowest BCUT2D eigenvalue weighted by molar-refractivity contribution is 0.0779. The molecule has 5 heteroatoms. The average Bonchev–Trinajstić information content (AvgIpc) is 2.80. The molecule has 1 aliphatic rings. The number of anilines is 1. The Balaban J connectivity index is 2.18. The second-order valence-electron chi connectivity index (χ2n) is 4.33. The largest absolute Gasteiger partial charge is 0.505 e. The Morgan fingerprint density at radius 3 is 2.94 bits per heavy atom. The van der Waals surface area contributed by atoms with Crippen LogP contribution in [0.4, 0.5) is 5.69 Å². The van der Waals surface area contributed by atoms with E-state index in [0.29, 0.717) is 13.1 Å². The predicted octanol–water partition coefficient (Wildman–Crippen LogP) is 0.429. The Hall–Kier alpha value is -1.75. The molecule has 1 heterocycles. The van der Waals surface area contributed by atoms with Gasteiger partial charge in [-0.1, -0.05) is 6.07 Å². The van der Waals surface area contributed by atoms with E-state index in [0.717, 1.165) is 6.42 Å². The Morgan fingerprint density at radius 2 is 2.29 bits per heavy atom. The van der Waals surface area contributed by atoms with Gasteiger partial charge >= 0.3 is 0 Å². The quantitative estimate of drug-likeness (QED) is 0.513. The van der Waals surface area contributed by atoms with Crippen molar-refractivity contribution in [3.8, 4) is 5.75 Å². The summed E-state index contributed by atoms with van der Waals surface area (Å²) in [4.78, 5) is 13.7. The number of nitrogen functional groups attached to an aromatic ring is 1. The maximum atomic E-state index is 12.1. The highest BCUT2D eigenvalue weighted by Crippen LogP contribution is 2.27. The lowest BCUT2D eigenvalue weighted by Crippen LogP contribution is -2.29. The van der Waals surface area contributed by atoms with Crippen LogP contribution < -0.4 is 5.73 Å². The van der Waals surface area contributed by atoms with Crippen LogP contribution in [0, 0.1) is 5.92 Å². The molecule has 1 saturated heterocycles. The first-order valence-electron chi connectivity index (χ1n) is 5.61. The maximum absolute atomic E-state index is 12.1. The van der Waals surface area contributed by atoms with Gasteiger partial charge in [0.15, 0.2) is 5.75 Å². The van der Waals surface area contributed by atoms with E-state index in [2.05, 4.69) is 0 Å². The summed E-state index contributed by atoms with van der Waals surface area (Å²) in [5.74, 6) is -0.252. The van der Waals surface area contributed by atoms with Crippen molar-refractivity contribution in [1.82, 2.24) is 4.90 Å². The summed E-state index contributed by atoms with van der Waals surface area (Å²) >= 11 is 0. The molecule has 0 spiro atoms. The number of aromatic hydroxyl groups is 1. The Bertz CT molecular complexity index is 434. The Kier molecular flexibility index (Phi) is 3.19. The molecule has 0 radical (unpaired) electrons. The van der Waals surface area contributed by atoms with E-state index in [4.69, 9.17) is 10.8 Å². The van der Waals surface area contributed by atoms with Gasteiger partial charge in [0.1, 0.15) is 0 Å². The summed E-state index contributed by atoms with van der Waals surface area (Å²) in [5.41, 5.74) is 5.98. The molecular formula is C12H16N2O3. The number of aliphatic hydroxyl groups excluding tert-OH is 1. The molecule has 1 aromatic carbocycles. The zero-order valence-electron chi connectivity index (χ0n) is 9.47. The minimum atomic E-state index is -0.231. The molecule has 2 rings (SSSR count). The highest BCUT2D eigenvalue weighted by atomic mass is 16.3. The minimum Gasteiger partial charge on any atom is -0.505 e. The zero-order valence-corrected chi connectivity index (χ0v) is 9.47. The van der Waals surface area contributed by atoms with Gasteiger partial charge in [-0.3, -0.25) is 4.79 Å². The van der Waals surface area contributed by atoms with Crippen molar-refractivity contribution in [3.05, 3.63) is 23.8 Å². The number of amides is 1. The second kappa shape index (κ2) is 4.63. The van der Waals surface area contributed by atoms with Crippen LogP contribution in [0.15, 0.2) is 18.2 Å². The van der Waals surface area contributed by atoms with Gasteiger partial charge in [-0.15, -0.1) is 0 Å². The Morgan fingerprint density at radius 1 is 1.53 bits per heavy atom. The van der Waals surface area contributed by atoms with E-state index < -0.39 is 0 Å². The zero-order chi connectivity index (χ0) is 12.4. The van der Waals surface area contributed by atoms with Crippen LogP contribution in [0.3, 0.4) is 0 Å². The molecule has 4 N–H and O–H groups in total. The first-order valence-corrected chi connectivity index (χ1v) is 5.61. The van der Waals surface area contributed by atoms with Gasteiger partial charge in [-0.2, -0.15) is 0 Å². The van der Waals surface area contributed by atoms with Gasteiger partial charge in [0, 0.05) is 25.6 Å². The normalized spacial score (nSPS) is 19.6. The number of carbonyl (C=O) groups excluding carboxylic acids is 1. The number of hydrogen-bond acceptors (Lipinski definition) is 4. The van der Waals surface area contributed by atoms with Crippen molar-refractivity contribution >= 4 is 11.6 Å². The van der Waals surface area contributed by atoms with Gasteiger partial charge in [-0.25, -0.2) is 0 Å². The molecule has 0 aromatic heterocycles. The van der Waals surface area contributed by atoms with Crippen LogP contribution in [0.25, 0.3) is 0 Å². The first-order chi connectivity index (χ1) is 8.13. The van der Waals surface area contributed by atoms with E-state index in [1.165, 1.54) is 0 Å². The van der Waals surface area contributed by atoms with Gasteiger partial charge in [0.25, 0.3) is 5.91 Å². The molecule has 1 aromatic rings. The fourth-order valence-electron chi connectivity index (χ4n) is 2.07. The monoisotopic (exact) mass is 236 g/mol. The van der Waals surface area contributed by atoms with Crippen LogP contribution >= 0.6 is 0 Å². The first kappa shape index (κ1) is 11.7. The molecule has 1 aliphatic heterocycles. The van der Waals surface area contributed by atoms with Crippen molar-refractivity contribution in [1.29, 1.82) is 0 Å². The number of nitrogens with two attached hydrogens (primary N) is 1. The number of likely N-dealkylation sites (tertiary alicyclic amines) is 1. The van der Waals surface area contributed by atoms with Crippen LogP contribution in [-0.4, -0.2) is 40.7 Å². The van der Waals surface area contributed by atoms with Gasteiger partial charge < -0.3 is 20.8 Å². The van der Waals surface area contributed by atoms with Gasteiger partial charge in [0.05, 0.1) is 11.3 Å². The summed E-state index contributed by atoms with van der Waals surface area (Å²) < 4.78 is 0. The lowest BCUT2D eigenvalue weighted by atomic mass is 10.1. The molecule has 0 saturated carbocycles. The predicted molar refractivity (Wildman–Crippen MR) is 63.6 cm³/mol. The van der Waals surface area contributed by atoms with E-state index >= 15 is 0 Å². The molecule has 92 valence electrons. The number of carbonyl (C=O) groups is 1. The topological polar surface area (TPSA) is 86.8 Å². The number of nitrogens with zero attached hydrogens (tertiary/aromatic N) is 1. The number of hydrogen-bond donors (Lipinski definition) is 3. The summed E-state index contributed by atoms with van der Waals surface area (Å²) in [7, 11) is 0. The van der Waals surface area contributed by atoms with Crippen LogP contribution in [0.1, 0.15) is 16.8 Å². The SMILES string of the molecule is Nc1cccc(C(=O)N2CCC(CO)C2)c1O. The maximum Gasteiger partial charge on any atom is 0.257 e. The van der Waals surface area contributed by atoms with Crippen LogP contribution in [0.5, 0.6) is 5.75 Å². The molecule has 17 heavy (non-hydrogen) atoms. The summed E-state index contributed by atoms with van der Waals surface area (Å²) in [6.07, 6.45) is 0.797. The minimum absolute atomic E-state index is 0.0900. The molecular weight excluding hydrogens is 220 g/mol. The summed E-state index contributed by atoms with van der Waals surface area (Å²) in [6, 6.07) is 4.74. The molecule has 0 aliphatic carbocycles. The third-order valence-corrected chi connectivity index (χ3v) is 3.13. The van der Waals surface area contributed by atoms with Gasteiger partial charge in [-0.05, 0) is 18.6 Å². The lowest BCUT2D eigenvalue weighted by Gasteiger charge is -2.17. The third-order valence-electron chi connectivity index (χ3n) is 3.13. The average molecular weight is 236 g/mol. The number of aliphatic hydroxyl groups is 1. The highest BCUT2D eigenvalue weighted by molar-refractivity contribution is 5.98. The smallest absolute Gasteiger partial charge is 0.257 e. The molecule has 1 atom stereocenters. The fourth-order valence-corrected chi connectivity index (χ4v) is 2.07.